The number of rotatable bonds is 3. The molecule has 0 fully saturated rings. The molecule has 0 aliphatic carbocycles. The zero-order chi connectivity index (χ0) is 14.2. The van der Waals surface area contributed by atoms with Gasteiger partial charge in [0.1, 0.15) is 0 Å². The summed E-state index contributed by atoms with van der Waals surface area (Å²) in [5.41, 5.74) is 1.45. The molecule has 1 aliphatic heterocycles. The van der Waals surface area contributed by atoms with Crippen LogP contribution in [0.3, 0.4) is 0 Å². The third-order valence-corrected chi connectivity index (χ3v) is 5.81. The van der Waals surface area contributed by atoms with Crippen LogP contribution in [0.5, 0.6) is 0 Å². The SMILES string of the molecule is CC1c2ccsc2CCN1Cc1nc(-c2cccs2)no1. The summed E-state index contributed by atoms with van der Waals surface area (Å²) in [7, 11) is 0. The van der Waals surface area contributed by atoms with Crippen LogP contribution in [0.15, 0.2) is 33.5 Å². The quantitative estimate of drug-likeness (QED) is 0.733. The van der Waals surface area contributed by atoms with Gasteiger partial charge in [-0.05, 0) is 41.8 Å². The molecule has 4 heterocycles. The van der Waals surface area contributed by atoms with Crippen molar-refractivity contribution >= 4 is 22.7 Å². The van der Waals surface area contributed by atoms with Crippen molar-refractivity contribution in [2.75, 3.05) is 6.54 Å². The molecule has 1 aliphatic rings. The Hall–Kier alpha value is -1.50. The lowest BCUT2D eigenvalue weighted by Gasteiger charge is -2.32. The predicted molar refractivity (Wildman–Crippen MR) is 84.5 cm³/mol. The molecular weight excluding hydrogens is 302 g/mol. The van der Waals surface area contributed by atoms with Gasteiger partial charge in [0.25, 0.3) is 0 Å². The van der Waals surface area contributed by atoms with E-state index in [9.17, 15) is 0 Å². The fourth-order valence-corrected chi connectivity index (χ4v) is 4.39. The highest BCUT2D eigenvalue weighted by Gasteiger charge is 2.26. The molecule has 0 saturated heterocycles. The Morgan fingerprint density at radius 3 is 3.14 bits per heavy atom. The summed E-state index contributed by atoms with van der Waals surface area (Å²) in [4.78, 5) is 9.49. The molecule has 3 aromatic rings. The molecule has 1 atom stereocenters. The Kier molecular flexibility index (Phi) is 3.37. The smallest absolute Gasteiger partial charge is 0.241 e. The summed E-state index contributed by atoms with van der Waals surface area (Å²) >= 11 is 3.49. The average Bonchev–Trinajstić information content (AvgIpc) is 3.21. The van der Waals surface area contributed by atoms with E-state index in [0.29, 0.717) is 17.8 Å². The van der Waals surface area contributed by atoms with Gasteiger partial charge >= 0.3 is 0 Å². The highest BCUT2D eigenvalue weighted by Crippen LogP contribution is 2.33. The van der Waals surface area contributed by atoms with Crippen LogP contribution in [0.4, 0.5) is 0 Å². The molecule has 0 N–H and O–H groups in total. The van der Waals surface area contributed by atoms with Crippen molar-refractivity contribution in [3.63, 3.8) is 0 Å². The van der Waals surface area contributed by atoms with Gasteiger partial charge in [0.2, 0.25) is 11.7 Å². The van der Waals surface area contributed by atoms with Gasteiger partial charge in [0.15, 0.2) is 0 Å². The van der Waals surface area contributed by atoms with Gasteiger partial charge in [0, 0.05) is 17.5 Å². The van der Waals surface area contributed by atoms with Crippen LogP contribution in [0, 0.1) is 0 Å². The maximum atomic E-state index is 5.42. The zero-order valence-corrected chi connectivity index (χ0v) is 13.3. The molecule has 6 heteroatoms. The average molecular weight is 317 g/mol. The van der Waals surface area contributed by atoms with E-state index in [1.807, 2.05) is 28.8 Å². The van der Waals surface area contributed by atoms with E-state index in [1.54, 1.807) is 11.3 Å². The van der Waals surface area contributed by atoms with Gasteiger partial charge in [-0.3, -0.25) is 4.90 Å². The van der Waals surface area contributed by atoms with Gasteiger partial charge in [-0.2, -0.15) is 4.98 Å². The van der Waals surface area contributed by atoms with Crippen molar-refractivity contribution in [3.05, 3.63) is 45.3 Å². The van der Waals surface area contributed by atoms with E-state index in [1.165, 1.54) is 10.4 Å². The Labute approximate surface area is 131 Å². The standard InChI is InChI=1S/C15H15N3OS2/c1-10-11-5-8-21-12(11)4-6-18(10)9-14-16-15(17-19-14)13-3-2-7-20-13/h2-3,5,7-8,10H,4,6,9H2,1H3. The summed E-state index contributed by atoms with van der Waals surface area (Å²) in [6, 6.07) is 6.67. The minimum Gasteiger partial charge on any atom is -0.338 e. The van der Waals surface area contributed by atoms with Crippen LogP contribution in [0.2, 0.25) is 0 Å². The zero-order valence-electron chi connectivity index (χ0n) is 11.7. The Balaban J connectivity index is 1.52. The molecule has 21 heavy (non-hydrogen) atoms. The molecule has 0 aromatic carbocycles. The van der Waals surface area contributed by atoms with Crippen LogP contribution in [0.1, 0.15) is 29.3 Å². The first-order valence-corrected chi connectivity index (χ1v) is 8.74. The highest BCUT2D eigenvalue weighted by atomic mass is 32.1. The number of fused-ring (bicyclic) bond motifs is 1. The lowest BCUT2D eigenvalue weighted by Crippen LogP contribution is -2.32. The van der Waals surface area contributed by atoms with Crippen molar-refractivity contribution < 1.29 is 4.52 Å². The number of thiophene rings is 2. The third kappa shape index (κ3) is 2.43. The first-order chi connectivity index (χ1) is 10.3. The monoisotopic (exact) mass is 317 g/mol. The van der Waals surface area contributed by atoms with E-state index < -0.39 is 0 Å². The van der Waals surface area contributed by atoms with E-state index in [4.69, 9.17) is 4.52 Å². The number of nitrogens with zero attached hydrogens (tertiary/aromatic N) is 3. The molecule has 0 saturated carbocycles. The van der Waals surface area contributed by atoms with Crippen molar-refractivity contribution in [2.45, 2.75) is 25.9 Å². The highest BCUT2D eigenvalue weighted by molar-refractivity contribution is 7.13. The Morgan fingerprint density at radius 1 is 1.33 bits per heavy atom. The van der Waals surface area contributed by atoms with Gasteiger partial charge in [-0.15, -0.1) is 22.7 Å². The van der Waals surface area contributed by atoms with Crippen LogP contribution >= 0.6 is 22.7 Å². The molecule has 0 bridgehead atoms. The van der Waals surface area contributed by atoms with E-state index in [2.05, 4.69) is 33.4 Å². The van der Waals surface area contributed by atoms with Crippen LogP contribution in [-0.2, 0) is 13.0 Å². The normalized spacial score (nSPS) is 18.8. The first-order valence-electron chi connectivity index (χ1n) is 6.98. The Morgan fingerprint density at radius 2 is 2.29 bits per heavy atom. The lowest BCUT2D eigenvalue weighted by molar-refractivity contribution is 0.167. The van der Waals surface area contributed by atoms with Gasteiger partial charge in [0.05, 0.1) is 11.4 Å². The summed E-state index contributed by atoms with van der Waals surface area (Å²) in [6.45, 7) is 4.02. The van der Waals surface area contributed by atoms with Crippen molar-refractivity contribution in [2.24, 2.45) is 0 Å². The predicted octanol–water partition coefficient (Wildman–Crippen LogP) is 3.98. The molecular formula is C15H15N3OS2. The number of hydrogen-bond donors (Lipinski definition) is 0. The maximum Gasteiger partial charge on any atom is 0.241 e. The molecule has 0 radical (unpaired) electrons. The molecule has 1 unspecified atom stereocenters. The van der Waals surface area contributed by atoms with E-state index in [-0.39, 0.29) is 0 Å². The summed E-state index contributed by atoms with van der Waals surface area (Å²) < 4.78 is 5.42. The van der Waals surface area contributed by atoms with E-state index >= 15 is 0 Å². The van der Waals surface area contributed by atoms with Crippen LogP contribution in [0.25, 0.3) is 10.7 Å². The maximum absolute atomic E-state index is 5.42. The third-order valence-electron chi connectivity index (χ3n) is 3.95. The molecule has 3 aromatic heterocycles. The second kappa shape index (κ2) is 5.36. The number of hydrogen-bond acceptors (Lipinski definition) is 6. The largest absolute Gasteiger partial charge is 0.338 e. The van der Waals surface area contributed by atoms with Gasteiger partial charge in [-0.25, -0.2) is 0 Å². The van der Waals surface area contributed by atoms with E-state index in [0.717, 1.165) is 24.4 Å². The molecule has 4 rings (SSSR count). The minimum atomic E-state index is 0.414. The molecule has 108 valence electrons. The second-order valence-electron chi connectivity index (χ2n) is 5.18. The first kappa shape index (κ1) is 13.2. The van der Waals surface area contributed by atoms with Gasteiger partial charge < -0.3 is 4.52 Å². The van der Waals surface area contributed by atoms with Crippen molar-refractivity contribution in [3.8, 4) is 10.7 Å². The lowest BCUT2D eigenvalue weighted by atomic mass is 10.0. The molecule has 4 nitrogen and oxygen atoms in total. The summed E-state index contributed by atoms with van der Waals surface area (Å²) in [5, 5.41) is 8.29. The fraction of sp³-hybridized carbons (Fsp3) is 0.333. The van der Waals surface area contributed by atoms with Crippen molar-refractivity contribution in [1.29, 1.82) is 0 Å². The number of aromatic nitrogens is 2. The summed E-state index contributed by atoms with van der Waals surface area (Å²) in [6.07, 6.45) is 1.11. The molecule has 0 spiro atoms. The molecule has 0 amide bonds. The van der Waals surface area contributed by atoms with Crippen molar-refractivity contribution in [1.82, 2.24) is 15.0 Å². The van der Waals surface area contributed by atoms with Gasteiger partial charge in [-0.1, -0.05) is 11.2 Å². The Bertz CT molecular complexity index is 732. The fourth-order valence-electron chi connectivity index (χ4n) is 2.78. The second-order valence-corrected chi connectivity index (χ2v) is 7.13. The van der Waals surface area contributed by atoms with Crippen LogP contribution in [-0.4, -0.2) is 21.6 Å². The summed E-state index contributed by atoms with van der Waals surface area (Å²) in [5.74, 6) is 1.39. The van der Waals surface area contributed by atoms with Crippen LogP contribution < -0.4 is 0 Å². The minimum absolute atomic E-state index is 0.414. The topological polar surface area (TPSA) is 42.2 Å².